The van der Waals surface area contributed by atoms with Gasteiger partial charge in [0, 0.05) is 32.3 Å². The molecular formula is C15H20F3N3O3. The number of ether oxygens (including phenoxy) is 1. The van der Waals surface area contributed by atoms with Gasteiger partial charge in [0.1, 0.15) is 0 Å². The Kier molecular flexibility index (Phi) is 8.20. The summed E-state index contributed by atoms with van der Waals surface area (Å²) in [5, 5.41) is 7.97. The number of nitrogens with one attached hydrogen (secondary N) is 3. The Hall–Kier alpha value is -2.13. The van der Waals surface area contributed by atoms with Gasteiger partial charge in [-0.1, -0.05) is 0 Å². The fraction of sp³-hybridized carbons (Fsp3) is 0.467. The summed E-state index contributed by atoms with van der Waals surface area (Å²) < 4.78 is 42.1. The number of carbonyl (C=O) groups is 2. The molecule has 6 nitrogen and oxygen atoms in total. The first kappa shape index (κ1) is 19.9. The third-order valence-corrected chi connectivity index (χ3v) is 2.99. The molecule has 0 heterocycles. The van der Waals surface area contributed by atoms with Gasteiger partial charge in [0.25, 0.3) is 5.91 Å². The summed E-state index contributed by atoms with van der Waals surface area (Å²) in [4.78, 5) is 23.3. The number of amides is 2. The van der Waals surface area contributed by atoms with Crippen LogP contribution < -0.4 is 16.0 Å². The van der Waals surface area contributed by atoms with Crippen LogP contribution in [0.1, 0.15) is 15.9 Å². The maximum Gasteiger partial charge on any atom is 0.416 e. The summed E-state index contributed by atoms with van der Waals surface area (Å²) >= 11 is 0. The summed E-state index contributed by atoms with van der Waals surface area (Å²) in [6.07, 6.45) is -4.45. The molecule has 24 heavy (non-hydrogen) atoms. The van der Waals surface area contributed by atoms with Crippen LogP contribution in [0.3, 0.4) is 0 Å². The number of alkyl halides is 3. The van der Waals surface area contributed by atoms with Gasteiger partial charge in [0.2, 0.25) is 5.91 Å². The van der Waals surface area contributed by atoms with E-state index in [-0.39, 0.29) is 18.0 Å². The third-order valence-electron chi connectivity index (χ3n) is 2.99. The van der Waals surface area contributed by atoms with Crippen molar-refractivity contribution in [3.8, 4) is 0 Å². The standard InChI is InChI=1S/C15H20F3N3O3/c1-24-9-8-19-6-7-20-13(22)10-21-14(23)11-2-4-12(5-3-11)15(16,17)18/h2-5,19H,6-10H2,1H3,(H,20,22)(H,21,23). The molecule has 0 saturated carbocycles. The van der Waals surface area contributed by atoms with Gasteiger partial charge in [-0.15, -0.1) is 0 Å². The van der Waals surface area contributed by atoms with Crippen molar-refractivity contribution in [3.05, 3.63) is 35.4 Å². The molecule has 3 N–H and O–H groups in total. The lowest BCUT2D eigenvalue weighted by Crippen LogP contribution is -2.39. The smallest absolute Gasteiger partial charge is 0.383 e. The highest BCUT2D eigenvalue weighted by molar-refractivity contribution is 5.96. The lowest BCUT2D eigenvalue weighted by molar-refractivity contribution is -0.137. The van der Waals surface area contributed by atoms with Gasteiger partial charge in [-0.2, -0.15) is 13.2 Å². The second-order valence-corrected chi connectivity index (χ2v) is 4.85. The highest BCUT2D eigenvalue weighted by Crippen LogP contribution is 2.28. The van der Waals surface area contributed by atoms with E-state index >= 15 is 0 Å². The molecule has 1 aromatic carbocycles. The highest BCUT2D eigenvalue weighted by Gasteiger charge is 2.30. The Labute approximate surface area is 137 Å². The van der Waals surface area contributed by atoms with Crippen LogP contribution in [0.25, 0.3) is 0 Å². The number of methoxy groups -OCH3 is 1. The highest BCUT2D eigenvalue weighted by atomic mass is 19.4. The molecule has 134 valence electrons. The van der Waals surface area contributed by atoms with Crippen LogP contribution >= 0.6 is 0 Å². The van der Waals surface area contributed by atoms with Crippen molar-refractivity contribution in [1.82, 2.24) is 16.0 Å². The molecule has 0 spiro atoms. The molecular weight excluding hydrogens is 327 g/mol. The molecule has 0 aliphatic rings. The van der Waals surface area contributed by atoms with E-state index in [4.69, 9.17) is 4.74 Å². The predicted molar refractivity (Wildman–Crippen MR) is 81.5 cm³/mol. The van der Waals surface area contributed by atoms with Crippen LogP contribution in [0.15, 0.2) is 24.3 Å². The molecule has 0 atom stereocenters. The molecule has 0 bridgehead atoms. The number of hydrogen-bond donors (Lipinski definition) is 3. The molecule has 0 unspecified atom stereocenters. The van der Waals surface area contributed by atoms with Crippen LogP contribution in [-0.4, -0.2) is 51.7 Å². The quantitative estimate of drug-likeness (QED) is 0.577. The molecule has 1 aromatic rings. The lowest BCUT2D eigenvalue weighted by Gasteiger charge is -2.09. The van der Waals surface area contributed by atoms with Gasteiger partial charge < -0.3 is 20.7 Å². The Bertz CT molecular complexity index is 533. The summed E-state index contributed by atoms with van der Waals surface area (Å²) in [5.74, 6) is -0.999. The average Bonchev–Trinajstić information content (AvgIpc) is 2.55. The first-order valence-electron chi connectivity index (χ1n) is 7.26. The number of halogens is 3. The van der Waals surface area contributed by atoms with Gasteiger partial charge >= 0.3 is 6.18 Å². The second kappa shape index (κ2) is 9.89. The van der Waals surface area contributed by atoms with Crippen molar-refractivity contribution in [2.75, 3.05) is 39.9 Å². The maximum atomic E-state index is 12.4. The van der Waals surface area contributed by atoms with E-state index < -0.39 is 17.6 Å². The van der Waals surface area contributed by atoms with Crippen LogP contribution in [0.2, 0.25) is 0 Å². The molecule has 9 heteroatoms. The van der Waals surface area contributed by atoms with Crippen molar-refractivity contribution in [2.24, 2.45) is 0 Å². The van der Waals surface area contributed by atoms with Gasteiger partial charge in [0.05, 0.1) is 18.7 Å². The Balaban J connectivity index is 2.29. The zero-order valence-electron chi connectivity index (χ0n) is 13.2. The van der Waals surface area contributed by atoms with E-state index in [2.05, 4.69) is 16.0 Å². The van der Waals surface area contributed by atoms with Crippen LogP contribution in [0.4, 0.5) is 13.2 Å². The molecule has 0 fully saturated rings. The fourth-order valence-electron chi connectivity index (χ4n) is 1.73. The monoisotopic (exact) mass is 347 g/mol. The van der Waals surface area contributed by atoms with Gasteiger partial charge in [-0.3, -0.25) is 9.59 Å². The van der Waals surface area contributed by atoms with Gasteiger partial charge in [0.15, 0.2) is 0 Å². The number of rotatable bonds is 9. The molecule has 0 radical (unpaired) electrons. The summed E-state index contributed by atoms with van der Waals surface area (Å²) in [6, 6.07) is 3.77. The summed E-state index contributed by atoms with van der Waals surface area (Å²) in [5.41, 5.74) is -0.783. The Morgan fingerprint density at radius 1 is 1.04 bits per heavy atom. The minimum absolute atomic E-state index is 0.0528. The molecule has 2 amide bonds. The van der Waals surface area contributed by atoms with E-state index in [0.29, 0.717) is 26.2 Å². The first-order valence-corrected chi connectivity index (χ1v) is 7.26. The summed E-state index contributed by atoms with van der Waals surface area (Å²) in [6.45, 7) is 1.92. The average molecular weight is 347 g/mol. The van der Waals surface area contributed by atoms with Gasteiger partial charge in [-0.05, 0) is 24.3 Å². The normalized spacial score (nSPS) is 11.2. The summed E-state index contributed by atoms with van der Waals surface area (Å²) in [7, 11) is 1.59. The van der Waals surface area contributed by atoms with E-state index in [0.717, 1.165) is 24.3 Å². The van der Waals surface area contributed by atoms with E-state index in [9.17, 15) is 22.8 Å². The van der Waals surface area contributed by atoms with Crippen LogP contribution in [0.5, 0.6) is 0 Å². The van der Waals surface area contributed by atoms with Gasteiger partial charge in [-0.25, -0.2) is 0 Å². The number of hydrogen-bond acceptors (Lipinski definition) is 4. The molecule has 0 saturated heterocycles. The predicted octanol–water partition coefficient (Wildman–Crippen LogP) is 0.787. The molecule has 0 aliphatic carbocycles. The first-order chi connectivity index (χ1) is 11.3. The zero-order valence-corrected chi connectivity index (χ0v) is 13.2. The number of benzene rings is 1. The topological polar surface area (TPSA) is 79.5 Å². The molecule has 1 rings (SSSR count). The van der Waals surface area contributed by atoms with E-state index in [1.807, 2.05) is 0 Å². The SMILES string of the molecule is COCCNCCNC(=O)CNC(=O)c1ccc(C(F)(F)F)cc1. The van der Waals surface area contributed by atoms with Crippen molar-refractivity contribution in [3.63, 3.8) is 0 Å². The van der Waals surface area contributed by atoms with Crippen LogP contribution in [0, 0.1) is 0 Å². The second-order valence-electron chi connectivity index (χ2n) is 4.85. The Morgan fingerprint density at radius 3 is 2.29 bits per heavy atom. The lowest BCUT2D eigenvalue weighted by atomic mass is 10.1. The Morgan fingerprint density at radius 2 is 1.71 bits per heavy atom. The fourth-order valence-corrected chi connectivity index (χ4v) is 1.73. The van der Waals surface area contributed by atoms with E-state index in [1.54, 1.807) is 7.11 Å². The minimum atomic E-state index is -4.45. The number of carbonyl (C=O) groups excluding carboxylic acids is 2. The van der Waals surface area contributed by atoms with Crippen molar-refractivity contribution < 1.29 is 27.5 Å². The van der Waals surface area contributed by atoms with Crippen molar-refractivity contribution in [2.45, 2.75) is 6.18 Å². The van der Waals surface area contributed by atoms with E-state index in [1.165, 1.54) is 0 Å². The molecule has 0 aliphatic heterocycles. The maximum absolute atomic E-state index is 12.4. The third kappa shape index (κ3) is 7.42. The van der Waals surface area contributed by atoms with Crippen molar-refractivity contribution >= 4 is 11.8 Å². The minimum Gasteiger partial charge on any atom is -0.383 e. The largest absolute Gasteiger partial charge is 0.416 e. The van der Waals surface area contributed by atoms with Crippen molar-refractivity contribution in [1.29, 1.82) is 0 Å². The van der Waals surface area contributed by atoms with Crippen LogP contribution in [-0.2, 0) is 15.7 Å². The zero-order chi connectivity index (χ0) is 18.0. The molecule has 0 aromatic heterocycles.